The Kier molecular flexibility index (Phi) is 8.74. The molecule has 1 saturated carbocycles. The predicted molar refractivity (Wildman–Crippen MR) is 114 cm³/mol. The maximum atomic E-state index is 6.02. The van der Waals surface area contributed by atoms with E-state index in [2.05, 4.69) is 5.32 Å². The van der Waals surface area contributed by atoms with Gasteiger partial charge in [-0.1, -0.05) is 42.1 Å². The molecule has 1 aliphatic rings. The third-order valence-electron chi connectivity index (χ3n) is 4.74. The Bertz CT molecular complexity index is 718. The molecule has 4 nitrogen and oxygen atoms in total. The van der Waals surface area contributed by atoms with Crippen molar-refractivity contribution >= 4 is 23.2 Å². The van der Waals surface area contributed by atoms with Crippen LogP contribution in [0.25, 0.3) is 0 Å². The lowest BCUT2D eigenvalue weighted by Crippen LogP contribution is -2.29. The Morgan fingerprint density at radius 1 is 0.821 bits per heavy atom. The first-order valence-corrected chi connectivity index (χ1v) is 10.6. The van der Waals surface area contributed by atoms with Crippen LogP contribution in [0.5, 0.6) is 11.5 Å². The first kappa shape index (κ1) is 21.3. The van der Waals surface area contributed by atoms with Gasteiger partial charge in [0.2, 0.25) is 0 Å². The second-order valence-corrected chi connectivity index (χ2v) is 7.72. The fraction of sp³-hybridized carbons (Fsp3) is 0.455. The molecule has 1 N–H and O–H groups in total. The lowest BCUT2D eigenvalue weighted by atomic mass is 10.2. The van der Waals surface area contributed by atoms with Crippen molar-refractivity contribution < 1.29 is 14.2 Å². The summed E-state index contributed by atoms with van der Waals surface area (Å²) in [4.78, 5) is 0. The molecule has 0 unspecified atom stereocenters. The van der Waals surface area contributed by atoms with Gasteiger partial charge in [0.1, 0.15) is 24.7 Å². The van der Waals surface area contributed by atoms with Crippen molar-refractivity contribution in [1.82, 2.24) is 5.32 Å². The second kappa shape index (κ2) is 11.5. The molecule has 0 radical (unpaired) electrons. The Labute approximate surface area is 177 Å². The Morgan fingerprint density at radius 3 is 2.25 bits per heavy atom. The summed E-state index contributed by atoms with van der Waals surface area (Å²) >= 11 is 11.9. The molecule has 1 aliphatic carbocycles. The summed E-state index contributed by atoms with van der Waals surface area (Å²) in [5.41, 5.74) is 0.967. The number of ether oxygens (including phenoxy) is 3. The van der Waals surface area contributed by atoms with Crippen LogP contribution < -0.4 is 14.8 Å². The van der Waals surface area contributed by atoms with Gasteiger partial charge < -0.3 is 19.5 Å². The summed E-state index contributed by atoms with van der Waals surface area (Å²) in [6, 6.07) is 13.7. The summed E-state index contributed by atoms with van der Waals surface area (Å²) in [5, 5.41) is 4.61. The highest BCUT2D eigenvalue weighted by atomic mass is 35.5. The molecule has 1 fully saturated rings. The Hall–Kier alpha value is -1.46. The molecule has 6 heteroatoms. The van der Waals surface area contributed by atoms with Crippen molar-refractivity contribution in [3.63, 3.8) is 0 Å². The fourth-order valence-corrected chi connectivity index (χ4v) is 3.53. The fourth-order valence-electron chi connectivity index (χ4n) is 3.21. The van der Waals surface area contributed by atoms with Crippen LogP contribution in [0.4, 0.5) is 0 Å². The van der Waals surface area contributed by atoms with Crippen LogP contribution in [0, 0.1) is 0 Å². The van der Waals surface area contributed by atoms with E-state index in [0.29, 0.717) is 35.9 Å². The molecule has 0 atom stereocenters. The summed E-state index contributed by atoms with van der Waals surface area (Å²) in [6.07, 6.45) is 5.31. The summed E-state index contributed by atoms with van der Waals surface area (Å²) in [5.74, 6) is 1.57. The van der Waals surface area contributed by atoms with Crippen LogP contribution in [0.1, 0.15) is 31.2 Å². The maximum Gasteiger partial charge on any atom is 0.120 e. The van der Waals surface area contributed by atoms with Gasteiger partial charge in [-0.25, -0.2) is 0 Å². The zero-order valence-electron chi connectivity index (χ0n) is 16.0. The maximum absolute atomic E-state index is 6.02. The summed E-state index contributed by atoms with van der Waals surface area (Å²) in [6.45, 7) is 3.19. The lowest BCUT2D eigenvalue weighted by Gasteiger charge is -2.12. The molecule has 2 aromatic carbocycles. The SMILES string of the molecule is Clc1ccc(COc2ccc(OCCOCCNC3CCCC3)cc2)cc1Cl. The topological polar surface area (TPSA) is 39.7 Å². The molecule has 2 aromatic rings. The van der Waals surface area contributed by atoms with E-state index < -0.39 is 0 Å². The van der Waals surface area contributed by atoms with Crippen molar-refractivity contribution in [3.05, 3.63) is 58.1 Å². The van der Waals surface area contributed by atoms with E-state index in [1.165, 1.54) is 25.7 Å². The third kappa shape index (κ3) is 7.17. The van der Waals surface area contributed by atoms with Crippen molar-refractivity contribution in [2.45, 2.75) is 38.3 Å². The van der Waals surface area contributed by atoms with E-state index in [0.717, 1.165) is 30.2 Å². The molecular formula is C22H27Cl2NO3. The molecule has 0 saturated heterocycles. The average molecular weight is 424 g/mol. The minimum atomic E-state index is 0.430. The van der Waals surface area contributed by atoms with Crippen LogP contribution in [0.15, 0.2) is 42.5 Å². The van der Waals surface area contributed by atoms with Crippen LogP contribution >= 0.6 is 23.2 Å². The van der Waals surface area contributed by atoms with Crippen LogP contribution in [0.2, 0.25) is 10.0 Å². The first-order valence-electron chi connectivity index (χ1n) is 9.81. The minimum absolute atomic E-state index is 0.430. The van der Waals surface area contributed by atoms with Crippen LogP contribution in [-0.2, 0) is 11.3 Å². The minimum Gasteiger partial charge on any atom is -0.491 e. The highest BCUT2D eigenvalue weighted by Gasteiger charge is 2.13. The molecule has 0 bridgehead atoms. The molecule has 0 spiro atoms. The van der Waals surface area contributed by atoms with Gasteiger partial charge in [0.25, 0.3) is 0 Å². The molecule has 0 heterocycles. The quantitative estimate of drug-likeness (QED) is 0.484. The molecule has 152 valence electrons. The van der Waals surface area contributed by atoms with Gasteiger partial charge in [0.05, 0.1) is 23.3 Å². The lowest BCUT2D eigenvalue weighted by molar-refractivity contribution is 0.100. The number of rotatable bonds is 11. The Morgan fingerprint density at radius 2 is 1.54 bits per heavy atom. The van der Waals surface area contributed by atoms with Crippen molar-refractivity contribution in [3.8, 4) is 11.5 Å². The molecule has 28 heavy (non-hydrogen) atoms. The number of halogens is 2. The molecular weight excluding hydrogens is 397 g/mol. The van der Waals surface area contributed by atoms with Crippen molar-refractivity contribution in [2.75, 3.05) is 26.4 Å². The van der Waals surface area contributed by atoms with E-state index in [-0.39, 0.29) is 0 Å². The van der Waals surface area contributed by atoms with Gasteiger partial charge in [0.15, 0.2) is 0 Å². The smallest absolute Gasteiger partial charge is 0.120 e. The van der Waals surface area contributed by atoms with E-state index in [1.807, 2.05) is 36.4 Å². The summed E-state index contributed by atoms with van der Waals surface area (Å²) < 4.78 is 17.1. The molecule has 0 aromatic heterocycles. The normalized spacial score (nSPS) is 14.4. The van der Waals surface area contributed by atoms with Crippen LogP contribution in [0.3, 0.4) is 0 Å². The van der Waals surface area contributed by atoms with E-state index >= 15 is 0 Å². The number of nitrogens with one attached hydrogen (secondary N) is 1. The number of benzene rings is 2. The van der Waals surface area contributed by atoms with Gasteiger partial charge in [-0.3, -0.25) is 0 Å². The summed E-state index contributed by atoms with van der Waals surface area (Å²) in [7, 11) is 0. The van der Waals surface area contributed by atoms with E-state index in [9.17, 15) is 0 Å². The van der Waals surface area contributed by atoms with Gasteiger partial charge in [-0.2, -0.15) is 0 Å². The standard InChI is InChI=1S/C22H27Cl2NO3/c23-21-10-5-17(15-22(21)24)16-28-20-8-6-19(7-9-20)27-14-13-26-12-11-25-18-3-1-2-4-18/h5-10,15,18,25H,1-4,11-14,16H2. The third-order valence-corrected chi connectivity index (χ3v) is 5.48. The van der Waals surface area contributed by atoms with Gasteiger partial charge >= 0.3 is 0 Å². The highest BCUT2D eigenvalue weighted by Crippen LogP contribution is 2.24. The zero-order chi connectivity index (χ0) is 19.6. The molecule has 3 rings (SSSR count). The Balaban J connectivity index is 1.28. The van der Waals surface area contributed by atoms with Crippen molar-refractivity contribution in [1.29, 1.82) is 0 Å². The van der Waals surface area contributed by atoms with Gasteiger partial charge in [-0.05, 0) is 54.8 Å². The second-order valence-electron chi connectivity index (χ2n) is 6.90. The largest absolute Gasteiger partial charge is 0.491 e. The predicted octanol–water partition coefficient (Wildman–Crippen LogP) is 5.50. The monoisotopic (exact) mass is 423 g/mol. The van der Waals surface area contributed by atoms with E-state index in [1.54, 1.807) is 6.07 Å². The molecule has 0 amide bonds. The molecule has 0 aliphatic heterocycles. The first-order chi connectivity index (χ1) is 13.7. The average Bonchev–Trinajstić information content (AvgIpc) is 3.22. The van der Waals surface area contributed by atoms with Gasteiger partial charge in [0, 0.05) is 12.6 Å². The van der Waals surface area contributed by atoms with Crippen LogP contribution in [-0.4, -0.2) is 32.4 Å². The van der Waals surface area contributed by atoms with Gasteiger partial charge in [-0.15, -0.1) is 0 Å². The van der Waals surface area contributed by atoms with E-state index in [4.69, 9.17) is 37.4 Å². The highest BCUT2D eigenvalue weighted by molar-refractivity contribution is 6.42. The number of hydrogen-bond acceptors (Lipinski definition) is 4. The zero-order valence-corrected chi connectivity index (χ0v) is 17.5. The number of hydrogen-bond donors (Lipinski definition) is 1. The van der Waals surface area contributed by atoms with Crippen molar-refractivity contribution in [2.24, 2.45) is 0 Å².